The van der Waals surface area contributed by atoms with Crippen molar-refractivity contribution in [2.24, 2.45) is 5.92 Å². The number of nitrogens with one attached hydrogen (secondary N) is 1. The molecule has 0 bridgehead atoms. The van der Waals surface area contributed by atoms with Gasteiger partial charge in [0.15, 0.2) is 11.5 Å². The van der Waals surface area contributed by atoms with Crippen LogP contribution in [0.4, 0.5) is 5.82 Å². The highest BCUT2D eigenvalue weighted by atomic mass is 16.5. The standard InChI is InChI=1S/C14H19N3O2/c1-9(2)7-16-14-8-15-10-5-12(18-3)13(19-4)6-11(10)17-14/h5-6,8-9H,7H2,1-4H3,(H,16,17). The number of hydrogen-bond acceptors (Lipinski definition) is 5. The number of benzene rings is 1. The maximum atomic E-state index is 5.27. The van der Waals surface area contributed by atoms with Crippen LogP contribution < -0.4 is 14.8 Å². The summed E-state index contributed by atoms with van der Waals surface area (Å²) in [6.45, 7) is 5.16. The first kappa shape index (κ1) is 13.4. The van der Waals surface area contributed by atoms with Crippen molar-refractivity contribution in [2.75, 3.05) is 26.1 Å². The van der Waals surface area contributed by atoms with Crippen LogP contribution in [0, 0.1) is 5.92 Å². The highest BCUT2D eigenvalue weighted by Gasteiger charge is 2.08. The van der Waals surface area contributed by atoms with Gasteiger partial charge in [-0.05, 0) is 5.92 Å². The normalized spacial score (nSPS) is 10.8. The lowest BCUT2D eigenvalue weighted by Crippen LogP contribution is -2.09. The molecule has 0 radical (unpaired) electrons. The van der Waals surface area contributed by atoms with Gasteiger partial charge in [-0.25, -0.2) is 4.98 Å². The van der Waals surface area contributed by atoms with Crippen molar-refractivity contribution in [3.8, 4) is 11.5 Å². The SMILES string of the molecule is COc1cc2ncc(NCC(C)C)nc2cc1OC. The van der Waals surface area contributed by atoms with Crippen molar-refractivity contribution in [3.63, 3.8) is 0 Å². The summed E-state index contributed by atoms with van der Waals surface area (Å²) >= 11 is 0. The first-order valence-electron chi connectivity index (χ1n) is 6.26. The van der Waals surface area contributed by atoms with Crippen molar-refractivity contribution >= 4 is 16.9 Å². The predicted octanol–water partition coefficient (Wildman–Crippen LogP) is 2.71. The first-order valence-corrected chi connectivity index (χ1v) is 6.26. The van der Waals surface area contributed by atoms with Gasteiger partial charge in [0, 0.05) is 18.7 Å². The van der Waals surface area contributed by atoms with E-state index in [4.69, 9.17) is 9.47 Å². The summed E-state index contributed by atoms with van der Waals surface area (Å²) in [5, 5.41) is 3.26. The number of ether oxygens (including phenoxy) is 2. The second-order valence-corrected chi connectivity index (χ2v) is 4.73. The summed E-state index contributed by atoms with van der Waals surface area (Å²) < 4.78 is 10.5. The van der Waals surface area contributed by atoms with Gasteiger partial charge in [-0.1, -0.05) is 13.8 Å². The van der Waals surface area contributed by atoms with Gasteiger partial charge in [0.2, 0.25) is 0 Å². The molecule has 2 rings (SSSR count). The molecule has 0 spiro atoms. The van der Waals surface area contributed by atoms with Crippen molar-refractivity contribution in [2.45, 2.75) is 13.8 Å². The lowest BCUT2D eigenvalue weighted by atomic mass is 10.2. The van der Waals surface area contributed by atoms with E-state index >= 15 is 0 Å². The van der Waals surface area contributed by atoms with Crippen LogP contribution in [-0.4, -0.2) is 30.7 Å². The van der Waals surface area contributed by atoms with E-state index in [1.807, 2.05) is 12.1 Å². The minimum absolute atomic E-state index is 0.558. The fraction of sp³-hybridized carbons (Fsp3) is 0.429. The van der Waals surface area contributed by atoms with E-state index in [1.165, 1.54) is 0 Å². The zero-order valence-electron chi connectivity index (χ0n) is 11.7. The molecular formula is C14H19N3O2. The Morgan fingerprint density at radius 2 is 1.74 bits per heavy atom. The molecular weight excluding hydrogens is 242 g/mol. The van der Waals surface area contributed by atoms with E-state index in [1.54, 1.807) is 20.4 Å². The zero-order chi connectivity index (χ0) is 13.8. The molecule has 0 aliphatic carbocycles. The molecule has 0 amide bonds. The van der Waals surface area contributed by atoms with Crippen LogP contribution in [-0.2, 0) is 0 Å². The Labute approximate surface area is 113 Å². The highest BCUT2D eigenvalue weighted by Crippen LogP contribution is 2.30. The van der Waals surface area contributed by atoms with E-state index in [-0.39, 0.29) is 0 Å². The Morgan fingerprint density at radius 3 is 2.32 bits per heavy atom. The summed E-state index contributed by atoms with van der Waals surface area (Å²) in [6, 6.07) is 3.66. The monoisotopic (exact) mass is 261 g/mol. The number of anilines is 1. The Balaban J connectivity index is 2.36. The molecule has 2 aromatic rings. The summed E-state index contributed by atoms with van der Waals surface area (Å²) in [5.41, 5.74) is 1.57. The van der Waals surface area contributed by atoms with Crippen molar-refractivity contribution < 1.29 is 9.47 Å². The molecule has 0 fully saturated rings. The van der Waals surface area contributed by atoms with Crippen LogP contribution in [0.3, 0.4) is 0 Å². The summed E-state index contributed by atoms with van der Waals surface area (Å²) in [6.07, 6.45) is 1.73. The van der Waals surface area contributed by atoms with E-state index in [9.17, 15) is 0 Å². The van der Waals surface area contributed by atoms with Crippen molar-refractivity contribution in [1.82, 2.24) is 9.97 Å². The highest BCUT2D eigenvalue weighted by molar-refractivity contribution is 5.80. The number of hydrogen-bond donors (Lipinski definition) is 1. The van der Waals surface area contributed by atoms with Crippen molar-refractivity contribution in [3.05, 3.63) is 18.3 Å². The molecule has 0 unspecified atom stereocenters. The molecule has 1 aromatic heterocycles. The number of methoxy groups -OCH3 is 2. The van der Waals surface area contributed by atoms with Crippen LogP contribution in [0.1, 0.15) is 13.8 Å². The van der Waals surface area contributed by atoms with Crippen molar-refractivity contribution in [1.29, 1.82) is 0 Å². The molecule has 5 heteroatoms. The Morgan fingerprint density at radius 1 is 1.11 bits per heavy atom. The smallest absolute Gasteiger partial charge is 0.163 e. The number of aromatic nitrogens is 2. The van der Waals surface area contributed by atoms with Gasteiger partial charge >= 0.3 is 0 Å². The third kappa shape index (κ3) is 3.05. The summed E-state index contributed by atoms with van der Waals surface area (Å²) in [5.74, 6) is 2.65. The molecule has 0 saturated carbocycles. The quantitative estimate of drug-likeness (QED) is 0.896. The number of rotatable bonds is 5. The summed E-state index contributed by atoms with van der Waals surface area (Å²) in [4.78, 5) is 8.90. The molecule has 1 heterocycles. The third-order valence-electron chi connectivity index (χ3n) is 2.74. The first-order chi connectivity index (χ1) is 9.13. The molecule has 0 atom stereocenters. The van der Waals surface area contributed by atoms with Gasteiger partial charge in [0.05, 0.1) is 31.4 Å². The average Bonchev–Trinajstić information content (AvgIpc) is 2.43. The molecule has 5 nitrogen and oxygen atoms in total. The Hall–Kier alpha value is -2.04. The van der Waals surface area contributed by atoms with Crippen LogP contribution in [0.2, 0.25) is 0 Å². The lowest BCUT2D eigenvalue weighted by Gasteiger charge is -2.10. The fourth-order valence-corrected chi connectivity index (χ4v) is 1.73. The topological polar surface area (TPSA) is 56.3 Å². The molecule has 19 heavy (non-hydrogen) atoms. The van der Waals surface area contributed by atoms with E-state index in [0.717, 1.165) is 23.4 Å². The van der Waals surface area contributed by atoms with Gasteiger partial charge in [0.25, 0.3) is 0 Å². The largest absolute Gasteiger partial charge is 0.493 e. The maximum Gasteiger partial charge on any atom is 0.163 e. The molecule has 0 aliphatic rings. The van der Waals surface area contributed by atoms with Crippen LogP contribution in [0.5, 0.6) is 11.5 Å². The second kappa shape index (κ2) is 5.73. The second-order valence-electron chi connectivity index (χ2n) is 4.73. The molecule has 0 aliphatic heterocycles. The third-order valence-corrected chi connectivity index (χ3v) is 2.74. The van der Waals surface area contributed by atoms with Gasteiger partial charge in [-0.3, -0.25) is 4.98 Å². The lowest BCUT2D eigenvalue weighted by molar-refractivity contribution is 0.355. The van der Waals surface area contributed by atoms with E-state index in [0.29, 0.717) is 17.4 Å². The van der Waals surface area contributed by atoms with Crippen LogP contribution in [0.25, 0.3) is 11.0 Å². The molecule has 0 saturated heterocycles. The number of nitrogens with zero attached hydrogens (tertiary/aromatic N) is 2. The summed E-state index contributed by atoms with van der Waals surface area (Å²) in [7, 11) is 3.22. The van der Waals surface area contributed by atoms with Crippen LogP contribution in [0.15, 0.2) is 18.3 Å². The Kier molecular flexibility index (Phi) is 4.04. The Bertz CT molecular complexity index is 570. The molecule has 1 N–H and O–H groups in total. The number of fused-ring (bicyclic) bond motifs is 1. The minimum Gasteiger partial charge on any atom is -0.493 e. The van der Waals surface area contributed by atoms with Gasteiger partial charge < -0.3 is 14.8 Å². The zero-order valence-corrected chi connectivity index (χ0v) is 11.7. The van der Waals surface area contributed by atoms with Crippen LogP contribution >= 0.6 is 0 Å². The maximum absolute atomic E-state index is 5.27. The van der Waals surface area contributed by atoms with Gasteiger partial charge in [0.1, 0.15) is 5.82 Å². The van der Waals surface area contributed by atoms with E-state index < -0.39 is 0 Å². The van der Waals surface area contributed by atoms with E-state index in [2.05, 4.69) is 29.1 Å². The van der Waals surface area contributed by atoms with Gasteiger partial charge in [-0.15, -0.1) is 0 Å². The van der Waals surface area contributed by atoms with Gasteiger partial charge in [-0.2, -0.15) is 0 Å². The minimum atomic E-state index is 0.558. The fourth-order valence-electron chi connectivity index (χ4n) is 1.73. The average molecular weight is 261 g/mol. The molecule has 102 valence electrons. The predicted molar refractivity (Wildman–Crippen MR) is 76.0 cm³/mol. The molecule has 1 aromatic carbocycles.